The van der Waals surface area contributed by atoms with Gasteiger partial charge in [0.2, 0.25) is 11.8 Å². The first-order chi connectivity index (χ1) is 19.6. The van der Waals surface area contributed by atoms with Crippen LogP contribution in [0.1, 0.15) is 45.2 Å². The molecule has 3 aromatic carbocycles. The number of nitrogens with zero attached hydrogens (tertiary/aromatic N) is 2. The Balaban J connectivity index is 2.11. The number of carbonyl (C=O) groups is 2. The molecule has 1 atom stereocenters. The lowest BCUT2D eigenvalue weighted by molar-refractivity contribution is -0.141. The number of anilines is 1. The lowest BCUT2D eigenvalue weighted by Gasteiger charge is -2.35. The van der Waals surface area contributed by atoms with Gasteiger partial charge >= 0.3 is 0 Å². The summed E-state index contributed by atoms with van der Waals surface area (Å²) in [7, 11) is -2.71. The molecule has 0 bridgehead atoms. The molecule has 0 aliphatic heterocycles. The number of aryl methyl sites for hydroxylation is 1. The smallest absolute Gasteiger partial charge is 0.264 e. The van der Waals surface area contributed by atoms with E-state index in [0.717, 1.165) is 9.87 Å². The van der Waals surface area contributed by atoms with E-state index < -0.39 is 34.1 Å². The van der Waals surface area contributed by atoms with Crippen molar-refractivity contribution in [1.82, 2.24) is 10.2 Å². The normalized spacial score (nSPS) is 12.4. The highest BCUT2D eigenvalue weighted by Crippen LogP contribution is 2.30. The molecule has 0 fully saturated rings. The lowest BCUT2D eigenvalue weighted by atomic mass is 10.1. The molecule has 1 N–H and O–H groups in total. The molecule has 0 aromatic heterocycles. The van der Waals surface area contributed by atoms with E-state index in [0.29, 0.717) is 17.7 Å². The molecule has 42 heavy (non-hydrogen) atoms. The molecule has 0 saturated carbocycles. The van der Waals surface area contributed by atoms with E-state index in [9.17, 15) is 18.0 Å². The Bertz CT molecular complexity index is 1500. The molecule has 0 unspecified atom stereocenters. The summed E-state index contributed by atoms with van der Waals surface area (Å²) in [5.74, 6) is -0.343. The number of halogens is 2. The van der Waals surface area contributed by atoms with Gasteiger partial charge in [0.25, 0.3) is 10.0 Å². The third kappa shape index (κ3) is 8.63. The first-order valence-electron chi connectivity index (χ1n) is 13.4. The van der Waals surface area contributed by atoms with E-state index in [1.54, 1.807) is 37.3 Å². The summed E-state index contributed by atoms with van der Waals surface area (Å²) in [6.45, 7) is 8.64. The van der Waals surface area contributed by atoms with Gasteiger partial charge in [0.1, 0.15) is 18.3 Å². The van der Waals surface area contributed by atoms with Gasteiger partial charge in [-0.2, -0.15) is 0 Å². The third-order valence-corrected chi connectivity index (χ3v) is 8.62. The number of ether oxygens (including phenoxy) is 1. The second kappa shape index (κ2) is 13.8. The van der Waals surface area contributed by atoms with Gasteiger partial charge in [-0.1, -0.05) is 60.0 Å². The summed E-state index contributed by atoms with van der Waals surface area (Å²) < 4.78 is 34.3. The summed E-state index contributed by atoms with van der Waals surface area (Å²) in [4.78, 5) is 29.0. The molecule has 3 aromatic rings. The predicted octanol–water partition coefficient (Wildman–Crippen LogP) is 6.23. The van der Waals surface area contributed by atoms with E-state index in [2.05, 4.69) is 5.32 Å². The van der Waals surface area contributed by atoms with Gasteiger partial charge in [0.15, 0.2) is 0 Å². The summed E-state index contributed by atoms with van der Waals surface area (Å²) in [6.07, 6.45) is 0.297. The Morgan fingerprint density at radius 2 is 1.60 bits per heavy atom. The Morgan fingerprint density at radius 3 is 2.14 bits per heavy atom. The predicted molar refractivity (Wildman–Crippen MR) is 168 cm³/mol. The van der Waals surface area contributed by atoms with Crippen LogP contribution < -0.4 is 14.4 Å². The van der Waals surface area contributed by atoms with Gasteiger partial charge in [-0.3, -0.25) is 13.9 Å². The first kappa shape index (κ1) is 33.2. The van der Waals surface area contributed by atoms with E-state index in [4.69, 9.17) is 27.9 Å². The highest BCUT2D eigenvalue weighted by molar-refractivity contribution is 7.92. The molecule has 0 heterocycles. The van der Waals surface area contributed by atoms with Crippen molar-refractivity contribution in [3.63, 3.8) is 0 Å². The Hall–Kier alpha value is -3.27. The van der Waals surface area contributed by atoms with Crippen molar-refractivity contribution in [1.29, 1.82) is 0 Å². The average Bonchev–Trinajstić information content (AvgIpc) is 2.90. The summed E-state index contributed by atoms with van der Waals surface area (Å²) in [5, 5.41) is 3.36. The zero-order chi connectivity index (χ0) is 31.2. The quantitative estimate of drug-likeness (QED) is 0.270. The van der Waals surface area contributed by atoms with E-state index in [1.165, 1.54) is 42.3 Å². The zero-order valence-corrected chi connectivity index (χ0v) is 27.0. The number of carbonyl (C=O) groups excluding carboxylic acids is 2. The minimum absolute atomic E-state index is 0.00568. The van der Waals surface area contributed by atoms with E-state index >= 15 is 0 Å². The average molecular weight is 635 g/mol. The van der Waals surface area contributed by atoms with Crippen LogP contribution in [0.2, 0.25) is 10.0 Å². The van der Waals surface area contributed by atoms with Crippen LogP contribution in [0.25, 0.3) is 0 Å². The Morgan fingerprint density at radius 1 is 0.976 bits per heavy atom. The van der Waals surface area contributed by atoms with E-state index in [1.807, 2.05) is 33.8 Å². The Kier molecular flexibility index (Phi) is 10.9. The molecule has 11 heteroatoms. The van der Waals surface area contributed by atoms with Crippen LogP contribution in [-0.2, 0) is 26.2 Å². The maximum Gasteiger partial charge on any atom is 0.264 e. The number of methoxy groups -OCH3 is 1. The highest BCUT2D eigenvalue weighted by Gasteiger charge is 2.35. The van der Waals surface area contributed by atoms with Crippen LogP contribution >= 0.6 is 23.2 Å². The van der Waals surface area contributed by atoms with Crippen molar-refractivity contribution in [2.24, 2.45) is 0 Å². The monoisotopic (exact) mass is 633 g/mol. The van der Waals surface area contributed by atoms with E-state index in [-0.39, 0.29) is 33.1 Å². The fourth-order valence-electron chi connectivity index (χ4n) is 4.39. The second-order valence-corrected chi connectivity index (χ2v) is 13.7. The van der Waals surface area contributed by atoms with Crippen LogP contribution in [-0.4, -0.2) is 50.4 Å². The topological polar surface area (TPSA) is 96.0 Å². The molecule has 0 radical (unpaired) electrons. The Labute approximate surface area is 258 Å². The molecule has 0 spiro atoms. The van der Waals surface area contributed by atoms with Crippen LogP contribution in [0.3, 0.4) is 0 Å². The molecule has 3 rings (SSSR count). The van der Waals surface area contributed by atoms with Crippen molar-refractivity contribution >= 4 is 50.7 Å². The second-order valence-electron chi connectivity index (χ2n) is 11.0. The van der Waals surface area contributed by atoms with Gasteiger partial charge in [-0.15, -0.1) is 0 Å². The zero-order valence-electron chi connectivity index (χ0n) is 24.6. The first-order valence-corrected chi connectivity index (χ1v) is 15.6. The van der Waals surface area contributed by atoms with Gasteiger partial charge in [0, 0.05) is 22.1 Å². The number of amides is 2. The van der Waals surface area contributed by atoms with Gasteiger partial charge in [-0.05, 0) is 82.1 Å². The summed E-state index contributed by atoms with van der Waals surface area (Å²) in [5.41, 5.74) is 1.16. The third-order valence-electron chi connectivity index (χ3n) is 6.39. The fraction of sp³-hybridized carbons (Fsp3) is 0.355. The minimum Gasteiger partial charge on any atom is -0.497 e. The molecule has 0 saturated heterocycles. The van der Waals surface area contributed by atoms with Crippen molar-refractivity contribution in [3.8, 4) is 5.75 Å². The highest BCUT2D eigenvalue weighted by atomic mass is 35.5. The largest absolute Gasteiger partial charge is 0.497 e. The van der Waals surface area contributed by atoms with Gasteiger partial charge < -0.3 is 15.0 Å². The van der Waals surface area contributed by atoms with Gasteiger partial charge in [-0.25, -0.2) is 8.42 Å². The number of nitrogens with one attached hydrogen (secondary N) is 1. The van der Waals surface area contributed by atoms with Crippen LogP contribution in [0, 0.1) is 6.92 Å². The molecular weight excluding hydrogens is 597 g/mol. The standard InChI is InChI=1S/C31H37Cl2N3O5S/c1-7-28(30(38)34-31(3,4)5)35(19-22-9-8-10-26(15-22)41-6)29(37)20-36(25-17-23(32)16-24(33)18-25)42(39,40)27-13-11-21(2)12-14-27/h8-18,28H,7,19-20H2,1-6H3,(H,34,38)/t28-/m1/s1. The molecular formula is C31H37Cl2N3O5S. The molecule has 0 aliphatic rings. The molecule has 0 aliphatic carbocycles. The molecule has 226 valence electrons. The molecule has 2 amide bonds. The van der Waals surface area contributed by atoms with Crippen molar-refractivity contribution in [2.45, 2.75) is 64.1 Å². The maximum absolute atomic E-state index is 14.2. The maximum atomic E-state index is 14.2. The van der Waals surface area contributed by atoms with Crippen LogP contribution in [0.15, 0.2) is 71.6 Å². The lowest BCUT2D eigenvalue weighted by Crippen LogP contribution is -2.55. The van der Waals surface area contributed by atoms with Crippen molar-refractivity contribution < 1.29 is 22.7 Å². The SMILES string of the molecule is CC[C@H](C(=O)NC(C)(C)C)N(Cc1cccc(OC)c1)C(=O)CN(c1cc(Cl)cc(Cl)c1)S(=O)(=O)c1ccc(C)cc1. The number of hydrogen-bond donors (Lipinski definition) is 1. The number of hydrogen-bond acceptors (Lipinski definition) is 5. The number of benzene rings is 3. The van der Waals surface area contributed by atoms with Gasteiger partial charge in [0.05, 0.1) is 17.7 Å². The van der Waals surface area contributed by atoms with Crippen molar-refractivity contribution in [2.75, 3.05) is 18.0 Å². The summed E-state index contributed by atoms with van der Waals surface area (Å²) in [6, 6.07) is 16.9. The summed E-state index contributed by atoms with van der Waals surface area (Å²) >= 11 is 12.5. The number of sulfonamides is 1. The van der Waals surface area contributed by atoms with Crippen LogP contribution in [0.4, 0.5) is 5.69 Å². The number of rotatable bonds is 11. The fourth-order valence-corrected chi connectivity index (χ4v) is 6.30. The molecule has 8 nitrogen and oxygen atoms in total. The minimum atomic E-state index is -4.25. The van der Waals surface area contributed by atoms with Crippen molar-refractivity contribution in [3.05, 3.63) is 87.9 Å². The van der Waals surface area contributed by atoms with Crippen LogP contribution in [0.5, 0.6) is 5.75 Å².